The summed E-state index contributed by atoms with van der Waals surface area (Å²) in [4.78, 5) is 18.0. The highest BCUT2D eigenvalue weighted by molar-refractivity contribution is 7.13. The van der Waals surface area contributed by atoms with Crippen LogP contribution in [0.5, 0.6) is 0 Å². The monoisotopic (exact) mass is 356 g/mol. The lowest BCUT2D eigenvalue weighted by Crippen LogP contribution is -2.12. The van der Waals surface area contributed by atoms with E-state index in [0.717, 1.165) is 22.4 Å². The number of pyridine rings is 1. The Morgan fingerprint density at radius 2 is 1.65 bits per heavy atom. The Morgan fingerprint density at radius 1 is 0.808 bits per heavy atom. The molecule has 2 heterocycles. The maximum Gasteiger partial charge on any atom is 0.257 e. The Labute approximate surface area is 156 Å². The standard InChI is InChI=1S/C22H16N2OS/c25-22(19-12-18(14-23-15-19)16-6-2-1-3-7-16)24-20-9-4-8-17(13-20)21-10-5-11-26-21/h1-15H,(H,24,25). The van der Waals surface area contributed by atoms with Crippen molar-refractivity contribution in [2.45, 2.75) is 0 Å². The van der Waals surface area contributed by atoms with Crippen LogP contribution in [0.4, 0.5) is 5.69 Å². The molecule has 0 saturated carbocycles. The molecule has 0 saturated heterocycles. The van der Waals surface area contributed by atoms with Crippen LogP contribution < -0.4 is 5.32 Å². The molecule has 0 radical (unpaired) electrons. The van der Waals surface area contributed by atoms with Crippen LogP contribution >= 0.6 is 11.3 Å². The first-order valence-electron chi connectivity index (χ1n) is 8.25. The average Bonchev–Trinajstić information content (AvgIpc) is 3.24. The van der Waals surface area contributed by atoms with Gasteiger partial charge in [-0.1, -0.05) is 48.5 Å². The molecule has 26 heavy (non-hydrogen) atoms. The minimum Gasteiger partial charge on any atom is -0.322 e. The molecule has 0 aliphatic heterocycles. The summed E-state index contributed by atoms with van der Waals surface area (Å²) in [5, 5.41) is 5.01. The first kappa shape index (κ1) is 16.2. The summed E-state index contributed by atoms with van der Waals surface area (Å²) < 4.78 is 0. The number of amides is 1. The molecule has 2 aromatic carbocycles. The number of hydrogen-bond donors (Lipinski definition) is 1. The highest BCUT2D eigenvalue weighted by Crippen LogP contribution is 2.27. The van der Waals surface area contributed by atoms with Crippen molar-refractivity contribution in [1.82, 2.24) is 4.98 Å². The minimum atomic E-state index is -0.168. The van der Waals surface area contributed by atoms with Gasteiger partial charge in [-0.15, -0.1) is 11.3 Å². The van der Waals surface area contributed by atoms with Crippen molar-refractivity contribution in [3.63, 3.8) is 0 Å². The van der Waals surface area contributed by atoms with Crippen LogP contribution in [-0.4, -0.2) is 10.9 Å². The molecular formula is C22H16N2OS. The zero-order valence-corrected chi connectivity index (χ0v) is 14.7. The molecule has 0 aliphatic carbocycles. The second kappa shape index (κ2) is 7.33. The van der Waals surface area contributed by atoms with E-state index in [-0.39, 0.29) is 5.91 Å². The summed E-state index contributed by atoms with van der Waals surface area (Å²) in [6, 6.07) is 23.7. The molecule has 4 aromatic rings. The number of carbonyl (C=O) groups is 1. The van der Waals surface area contributed by atoms with Gasteiger partial charge in [0.05, 0.1) is 5.56 Å². The number of nitrogens with zero attached hydrogens (tertiary/aromatic N) is 1. The molecule has 1 amide bonds. The van der Waals surface area contributed by atoms with E-state index in [0.29, 0.717) is 5.56 Å². The smallest absolute Gasteiger partial charge is 0.257 e. The van der Waals surface area contributed by atoms with Crippen LogP contribution in [0.25, 0.3) is 21.6 Å². The van der Waals surface area contributed by atoms with E-state index in [1.54, 1.807) is 23.7 Å². The third kappa shape index (κ3) is 3.55. The van der Waals surface area contributed by atoms with Crippen molar-refractivity contribution in [1.29, 1.82) is 0 Å². The van der Waals surface area contributed by atoms with Gasteiger partial charge in [-0.2, -0.15) is 0 Å². The summed E-state index contributed by atoms with van der Waals surface area (Å²) in [6.07, 6.45) is 3.36. The lowest BCUT2D eigenvalue weighted by Gasteiger charge is -2.08. The second-order valence-corrected chi connectivity index (χ2v) is 6.79. The molecule has 0 spiro atoms. The Morgan fingerprint density at radius 3 is 2.46 bits per heavy atom. The first-order chi connectivity index (χ1) is 12.8. The maximum atomic E-state index is 12.6. The van der Waals surface area contributed by atoms with Crippen LogP contribution in [0.15, 0.2) is 90.6 Å². The fourth-order valence-electron chi connectivity index (χ4n) is 2.75. The van der Waals surface area contributed by atoms with Gasteiger partial charge in [-0.05, 0) is 40.8 Å². The van der Waals surface area contributed by atoms with E-state index < -0.39 is 0 Å². The molecule has 2 aromatic heterocycles. The molecule has 4 rings (SSSR count). The molecular weight excluding hydrogens is 340 g/mol. The SMILES string of the molecule is O=C(Nc1cccc(-c2cccs2)c1)c1cncc(-c2ccccc2)c1. The van der Waals surface area contributed by atoms with Gasteiger partial charge in [0.15, 0.2) is 0 Å². The van der Waals surface area contributed by atoms with Crippen molar-refractivity contribution < 1.29 is 4.79 Å². The lowest BCUT2D eigenvalue weighted by molar-refractivity contribution is 0.102. The van der Waals surface area contributed by atoms with E-state index in [4.69, 9.17) is 0 Å². The van der Waals surface area contributed by atoms with E-state index in [9.17, 15) is 4.79 Å². The van der Waals surface area contributed by atoms with Gasteiger partial charge in [-0.25, -0.2) is 0 Å². The van der Waals surface area contributed by atoms with Crippen LogP contribution in [0, 0.1) is 0 Å². The van der Waals surface area contributed by atoms with Gasteiger partial charge in [0.1, 0.15) is 0 Å². The number of benzene rings is 2. The summed E-state index contributed by atoms with van der Waals surface area (Å²) in [5.41, 5.74) is 4.35. The number of rotatable bonds is 4. The van der Waals surface area contributed by atoms with Gasteiger partial charge in [0.2, 0.25) is 0 Å². The van der Waals surface area contributed by atoms with E-state index in [1.165, 1.54) is 4.88 Å². The van der Waals surface area contributed by atoms with Crippen LogP contribution in [0.1, 0.15) is 10.4 Å². The zero-order chi connectivity index (χ0) is 17.8. The van der Waals surface area contributed by atoms with Crippen LogP contribution in [0.3, 0.4) is 0 Å². The molecule has 0 fully saturated rings. The van der Waals surface area contributed by atoms with Crippen molar-refractivity contribution in [2.75, 3.05) is 5.32 Å². The number of thiophene rings is 1. The number of carbonyl (C=O) groups excluding carboxylic acids is 1. The molecule has 0 unspecified atom stereocenters. The molecule has 3 nitrogen and oxygen atoms in total. The second-order valence-electron chi connectivity index (χ2n) is 5.84. The Kier molecular flexibility index (Phi) is 4.58. The highest BCUT2D eigenvalue weighted by atomic mass is 32.1. The summed E-state index contributed by atoms with van der Waals surface area (Å²) in [7, 11) is 0. The van der Waals surface area contributed by atoms with Crippen LogP contribution in [0.2, 0.25) is 0 Å². The quantitative estimate of drug-likeness (QED) is 0.507. The Balaban J connectivity index is 1.57. The average molecular weight is 356 g/mol. The first-order valence-corrected chi connectivity index (χ1v) is 9.13. The number of aromatic nitrogens is 1. The van der Waals surface area contributed by atoms with Gasteiger partial charge in [0.25, 0.3) is 5.91 Å². The number of hydrogen-bond acceptors (Lipinski definition) is 3. The van der Waals surface area contributed by atoms with Gasteiger partial charge >= 0.3 is 0 Å². The maximum absolute atomic E-state index is 12.6. The fraction of sp³-hybridized carbons (Fsp3) is 0. The normalized spacial score (nSPS) is 10.5. The van der Waals surface area contributed by atoms with E-state index in [1.807, 2.05) is 72.1 Å². The highest BCUT2D eigenvalue weighted by Gasteiger charge is 2.09. The van der Waals surface area contributed by atoms with Crippen molar-refractivity contribution in [3.05, 3.63) is 96.1 Å². The summed E-state index contributed by atoms with van der Waals surface area (Å²) in [6.45, 7) is 0. The molecule has 0 aliphatic rings. The van der Waals surface area contributed by atoms with Crippen molar-refractivity contribution >= 4 is 22.9 Å². The van der Waals surface area contributed by atoms with Gasteiger partial charge < -0.3 is 5.32 Å². The third-order valence-electron chi connectivity index (χ3n) is 4.03. The summed E-state index contributed by atoms with van der Waals surface area (Å²) >= 11 is 1.68. The Bertz CT molecular complexity index is 1030. The summed E-state index contributed by atoms with van der Waals surface area (Å²) in [5.74, 6) is -0.168. The Hall–Kier alpha value is -3.24. The largest absolute Gasteiger partial charge is 0.322 e. The third-order valence-corrected chi connectivity index (χ3v) is 4.95. The van der Waals surface area contributed by atoms with Gasteiger partial charge in [0, 0.05) is 28.5 Å². The fourth-order valence-corrected chi connectivity index (χ4v) is 3.47. The predicted octanol–water partition coefficient (Wildman–Crippen LogP) is 5.73. The lowest BCUT2D eigenvalue weighted by atomic mass is 10.1. The molecule has 0 bridgehead atoms. The number of anilines is 1. The minimum absolute atomic E-state index is 0.168. The van der Waals surface area contributed by atoms with Crippen LogP contribution in [-0.2, 0) is 0 Å². The zero-order valence-electron chi connectivity index (χ0n) is 13.9. The van der Waals surface area contributed by atoms with Crippen molar-refractivity contribution in [3.8, 4) is 21.6 Å². The number of nitrogens with one attached hydrogen (secondary N) is 1. The van der Waals surface area contributed by atoms with E-state index >= 15 is 0 Å². The van der Waals surface area contributed by atoms with E-state index in [2.05, 4.69) is 16.4 Å². The predicted molar refractivity (Wildman–Crippen MR) is 107 cm³/mol. The molecule has 1 N–H and O–H groups in total. The van der Waals surface area contributed by atoms with Crippen molar-refractivity contribution in [2.24, 2.45) is 0 Å². The molecule has 126 valence electrons. The molecule has 4 heteroatoms. The van der Waals surface area contributed by atoms with Gasteiger partial charge in [-0.3, -0.25) is 9.78 Å². The molecule has 0 atom stereocenters. The topological polar surface area (TPSA) is 42.0 Å².